The van der Waals surface area contributed by atoms with E-state index in [1.807, 2.05) is 36.1 Å². The topological polar surface area (TPSA) is 76.5 Å². The van der Waals surface area contributed by atoms with Crippen molar-refractivity contribution < 1.29 is 14.3 Å². The normalized spacial score (nSPS) is 20.9. The molecular formula is C20H24N4O3. The highest BCUT2D eigenvalue weighted by Crippen LogP contribution is 2.22. The van der Waals surface area contributed by atoms with E-state index in [-0.39, 0.29) is 17.9 Å². The van der Waals surface area contributed by atoms with Crippen LogP contribution in [0.4, 0.5) is 0 Å². The van der Waals surface area contributed by atoms with Crippen molar-refractivity contribution in [1.29, 1.82) is 0 Å². The van der Waals surface area contributed by atoms with E-state index in [1.54, 1.807) is 10.9 Å². The van der Waals surface area contributed by atoms with Crippen LogP contribution in [-0.4, -0.2) is 58.3 Å². The van der Waals surface area contributed by atoms with Gasteiger partial charge in [-0.2, -0.15) is 5.10 Å². The summed E-state index contributed by atoms with van der Waals surface area (Å²) in [7, 11) is 0. The first kappa shape index (κ1) is 17.7. The summed E-state index contributed by atoms with van der Waals surface area (Å²) in [6.07, 6.45) is 5.63. The first-order valence-corrected chi connectivity index (χ1v) is 9.43. The van der Waals surface area contributed by atoms with Crippen molar-refractivity contribution in [3.63, 3.8) is 0 Å². The van der Waals surface area contributed by atoms with Gasteiger partial charge in [-0.15, -0.1) is 0 Å². The van der Waals surface area contributed by atoms with Gasteiger partial charge < -0.3 is 15.0 Å². The Morgan fingerprint density at radius 2 is 2.00 bits per heavy atom. The maximum Gasteiger partial charge on any atom is 0.255 e. The Morgan fingerprint density at radius 1 is 1.22 bits per heavy atom. The number of rotatable bonds is 4. The molecule has 0 saturated carbocycles. The van der Waals surface area contributed by atoms with Crippen LogP contribution in [0.25, 0.3) is 5.69 Å². The van der Waals surface area contributed by atoms with Gasteiger partial charge in [0.2, 0.25) is 5.91 Å². The predicted octanol–water partition coefficient (Wildman–Crippen LogP) is 1.69. The van der Waals surface area contributed by atoms with Crippen LogP contribution in [0.3, 0.4) is 0 Å². The number of nitrogens with one attached hydrogen (secondary N) is 1. The Balaban J connectivity index is 1.41. The van der Waals surface area contributed by atoms with Gasteiger partial charge in [0.25, 0.3) is 5.91 Å². The Labute approximate surface area is 158 Å². The van der Waals surface area contributed by atoms with Crippen LogP contribution in [0.1, 0.15) is 35.2 Å². The molecule has 1 N–H and O–H groups in total. The van der Waals surface area contributed by atoms with Gasteiger partial charge in [-0.05, 0) is 37.8 Å². The number of aromatic nitrogens is 2. The van der Waals surface area contributed by atoms with Crippen molar-refractivity contribution >= 4 is 11.8 Å². The molecule has 2 aromatic rings. The summed E-state index contributed by atoms with van der Waals surface area (Å²) in [4.78, 5) is 27.2. The monoisotopic (exact) mass is 368 g/mol. The summed E-state index contributed by atoms with van der Waals surface area (Å²) >= 11 is 0. The number of nitrogens with zero attached hydrogens (tertiary/aromatic N) is 3. The summed E-state index contributed by atoms with van der Waals surface area (Å²) in [5.41, 5.74) is 2.46. The summed E-state index contributed by atoms with van der Waals surface area (Å²) < 4.78 is 7.06. The molecule has 0 aliphatic carbocycles. The minimum atomic E-state index is -0.456. The number of hydrogen-bond donors (Lipinski definition) is 1. The zero-order chi connectivity index (χ0) is 18.8. The van der Waals surface area contributed by atoms with E-state index < -0.39 is 6.04 Å². The van der Waals surface area contributed by atoms with Crippen LogP contribution in [-0.2, 0) is 9.53 Å². The number of benzene rings is 1. The van der Waals surface area contributed by atoms with Gasteiger partial charge in [0, 0.05) is 32.0 Å². The van der Waals surface area contributed by atoms with Gasteiger partial charge in [0.1, 0.15) is 6.04 Å². The van der Waals surface area contributed by atoms with Gasteiger partial charge in [-0.1, -0.05) is 18.2 Å². The smallest absolute Gasteiger partial charge is 0.255 e. The number of carbonyl (C=O) groups excluding carboxylic acids is 2. The molecule has 4 rings (SSSR count). The summed E-state index contributed by atoms with van der Waals surface area (Å²) in [5, 5.41) is 7.18. The third kappa shape index (κ3) is 3.60. The molecule has 3 heterocycles. The van der Waals surface area contributed by atoms with Crippen LogP contribution in [0.15, 0.2) is 36.7 Å². The van der Waals surface area contributed by atoms with Crippen molar-refractivity contribution in [3.05, 3.63) is 47.8 Å². The Morgan fingerprint density at radius 3 is 2.78 bits per heavy atom. The lowest BCUT2D eigenvalue weighted by Gasteiger charge is -2.31. The standard InChI is InChI=1S/C20H24N4O3/c1-14-4-2-3-5-18(14)24-13-15(12-21-24)19(25)22-17-6-9-23(20(17)26)16-7-10-27-11-8-16/h2-5,12-13,16-17H,6-11H2,1H3,(H,22,25). The molecule has 27 heavy (non-hydrogen) atoms. The molecule has 7 nitrogen and oxygen atoms in total. The molecule has 1 aromatic heterocycles. The van der Waals surface area contributed by atoms with Gasteiger partial charge in [-0.25, -0.2) is 4.68 Å². The molecule has 7 heteroatoms. The summed E-state index contributed by atoms with van der Waals surface area (Å²) in [5.74, 6) is -0.247. The molecule has 1 unspecified atom stereocenters. The molecule has 0 spiro atoms. The molecule has 142 valence electrons. The van der Waals surface area contributed by atoms with Crippen molar-refractivity contribution in [3.8, 4) is 5.69 Å². The van der Waals surface area contributed by atoms with E-state index in [0.717, 1.165) is 24.1 Å². The van der Waals surface area contributed by atoms with Crippen molar-refractivity contribution in [2.24, 2.45) is 0 Å². The Hall–Kier alpha value is -2.67. The fourth-order valence-corrected chi connectivity index (χ4v) is 3.83. The molecule has 2 fully saturated rings. The molecule has 0 radical (unpaired) electrons. The zero-order valence-corrected chi connectivity index (χ0v) is 15.4. The molecule has 2 amide bonds. The summed E-state index contributed by atoms with van der Waals surface area (Å²) in [6, 6.07) is 7.63. The number of hydrogen-bond acceptors (Lipinski definition) is 4. The first-order chi connectivity index (χ1) is 13.1. The minimum Gasteiger partial charge on any atom is -0.381 e. The van der Waals surface area contributed by atoms with Crippen LogP contribution >= 0.6 is 0 Å². The number of carbonyl (C=O) groups is 2. The number of amides is 2. The fraction of sp³-hybridized carbons (Fsp3) is 0.450. The number of likely N-dealkylation sites (tertiary alicyclic amines) is 1. The van der Waals surface area contributed by atoms with Gasteiger partial charge in [0.05, 0.1) is 17.4 Å². The number of ether oxygens (including phenoxy) is 1. The molecule has 2 saturated heterocycles. The lowest BCUT2D eigenvalue weighted by molar-refractivity contribution is -0.132. The SMILES string of the molecule is Cc1ccccc1-n1cc(C(=O)NC2CCN(C3CCOCC3)C2=O)cn1. The van der Waals surface area contributed by atoms with Crippen LogP contribution < -0.4 is 5.32 Å². The highest BCUT2D eigenvalue weighted by Gasteiger charge is 2.37. The third-order valence-electron chi connectivity index (χ3n) is 5.38. The van der Waals surface area contributed by atoms with Gasteiger partial charge in [0.15, 0.2) is 0 Å². The maximum atomic E-state index is 12.7. The number of para-hydroxylation sites is 1. The lowest BCUT2D eigenvalue weighted by Crippen LogP contribution is -2.46. The van der Waals surface area contributed by atoms with Crippen molar-refractivity contribution in [1.82, 2.24) is 20.0 Å². The largest absolute Gasteiger partial charge is 0.381 e. The average Bonchev–Trinajstić information content (AvgIpc) is 3.31. The Bertz CT molecular complexity index is 841. The van der Waals surface area contributed by atoms with Gasteiger partial charge in [-0.3, -0.25) is 9.59 Å². The summed E-state index contributed by atoms with van der Waals surface area (Å²) in [6.45, 7) is 4.09. The maximum absolute atomic E-state index is 12.7. The van der Waals surface area contributed by atoms with Crippen LogP contribution in [0.5, 0.6) is 0 Å². The highest BCUT2D eigenvalue weighted by atomic mass is 16.5. The second-order valence-corrected chi connectivity index (χ2v) is 7.15. The van der Waals surface area contributed by atoms with Crippen molar-refractivity contribution in [2.45, 2.75) is 38.3 Å². The van der Waals surface area contributed by atoms with Crippen molar-refractivity contribution in [2.75, 3.05) is 19.8 Å². The van der Waals surface area contributed by atoms with E-state index in [0.29, 0.717) is 31.7 Å². The predicted molar refractivity (Wildman–Crippen MR) is 99.7 cm³/mol. The first-order valence-electron chi connectivity index (χ1n) is 9.43. The highest BCUT2D eigenvalue weighted by molar-refractivity contribution is 5.97. The molecule has 1 atom stereocenters. The van der Waals surface area contributed by atoms with E-state index in [4.69, 9.17) is 4.74 Å². The van der Waals surface area contributed by atoms with E-state index in [1.165, 1.54) is 6.20 Å². The molecule has 2 aliphatic heterocycles. The van der Waals surface area contributed by atoms with E-state index in [9.17, 15) is 9.59 Å². The zero-order valence-electron chi connectivity index (χ0n) is 15.4. The molecular weight excluding hydrogens is 344 g/mol. The van der Waals surface area contributed by atoms with Gasteiger partial charge >= 0.3 is 0 Å². The molecule has 2 aliphatic rings. The van der Waals surface area contributed by atoms with E-state index >= 15 is 0 Å². The van der Waals surface area contributed by atoms with Crippen LogP contribution in [0.2, 0.25) is 0 Å². The number of aryl methyl sites for hydroxylation is 1. The third-order valence-corrected chi connectivity index (χ3v) is 5.38. The lowest BCUT2D eigenvalue weighted by atomic mass is 10.1. The average molecular weight is 368 g/mol. The van der Waals surface area contributed by atoms with Crippen LogP contribution in [0, 0.1) is 6.92 Å². The second kappa shape index (κ2) is 7.52. The van der Waals surface area contributed by atoms with E-state index in [2.05, 4.69) is 10.4 Å². The quantitative estimate of drug-likeness (QED) is 0.891. The minimum absolute atomic E-state index is 0.0153. The second-order valence-electron chi connectivity index (χ2n) is 7.15. The molecule has 0 bridgehead atoms. The molecule has 1 aromatic carbocycles. The Kier molecular flexibility index (Phi) is 4.94. The fourth-order valence-electron chi connectivity index (χ4n) is 3.83.